The van der Waals surface area contributed by atoms with Crippen LogP contribution >= 0.6 is 0 Å². The molecule has 1 aromatic rings. The smallest absolute Gasteiger partial charge is 0.220 e. The zero-order valence-corrected chi connectivity index (χ0v) is 22.0. The van der Waals surface area contributed by atoms with Gasteiger partial charge in [0.1, 0.15) is 0 Å². The van der Waals surface area contributed by atoms with Gasteiger partial charge < -0.3 is 20.1 Å². The molecule has 1 atom stereocenters. The molecule has 2 heterocycles. The molecule has 6 fully saturated rings. The zero-order chi connectivity index (χ0) is 25.1. The summed E-state index contributed by atoms with van der Waals surface area (Å²) >= 11 is 0. The molecule has 0 aromatic heterocycles. The minimum absolute atomic E-state index is 0.0445. The van der Waals surface area contributed by atoms with Gasteiger partial charge in [-0.05, 0) is 49.5 Å². The van der Waals surface area contributed by atoms with Crippen molar-refractivity contribution >= 4 is 5.91 Å². The van der Waals surface area contributed by atoms with E-state index in [0.29, 0.717) is 37.6 Å². The largest absolute Gasteiger partial charge is 0.379 e. The Labute approximate surface area is 220 Å². The third-order valence-corrected chi connectivity index (χ3v) is 9.39. The summed E-state index contributed by atoms with van der Waals surface area (Å²) in [5, 5.41) is 6.63. The van der Waals surface area contributed by atoms with Crippen molar-refractivity contribution in [3.05, 3.63) is 35.9 Å². The second-order valence-corrected chi connectivity index (χ2v) is 11.9. The van der Waals surface area contributed by atoms with Crippen molar-refractivity contribution in [1.82, 2.24) is 15.5 Å². The highest BCUT2D eigenvalue weighted by Gasteiger charge is 2.66. The van der Waals surface area contributed by atoms with Gasteiger partial charge in [0.15, 0.2) is 0 Å². The molecule has 0 radical (unpaired) electrons. The molecular formula is C29H43N3O5. The summed E-state index contributed by atoms with van der Waals surface area (Å²) in [5.41, 5.74) is 1.25. The van der Waals surface area contributed by atoms with Crippen molar-refractivity contribution in [2.75, 3.05) is 45.9 Å². The number of benzene rings is 1. The number of hydrogen-bond donors (Lipinski definition) is 2. The fraction of sp³-hybridized carbons (Fsp3) is 0.759. The van der Waals surface area contributed by atoms with Gasteiger partial charge in [-0.15, -0.1) is 0 Å². The predicted octanol–water partition coefficient (Wildman–Crippen LogP) is 3.22. The van der Waals surface area contributed by atoms with Crippen LogP contribution in [0.5, 0.6) is 0 Å². The van der Waals surface area contributed by atoms with Crippen molar-refractivity contribution in [3.63, 3.8) is 0 Å². The molecule has 2 N–H and O–H groups in total. The summed E-state index contributed by atoms with van der Waals surface area (Å²) in [7, 11) is 0. The normalized spacial score (nSPS) is 36.9. The van der Waals surface area contributed by atoms with Gasteiger partial charge in [0.05, 0.1) is 13.2 Å². The first-order valence-corrected chi connectivity index (χ1v) is 14.5. The van der Waals surface area contributed by atoms with E-state index in [1.54, 1.807) is 0 Å². The lowest BCUT2D eigenvalue weighted by Gasteiger charge is -2.57. The minimum Gasteiger partial charge on any atom is -0.379 e. The van der Waals surface area contributed by atoms with Crippen LogP contribution in [0.4, 0.5) is 0 Å². The van der Waals surface area contributed by atoms with Gasteiger partial charge in [-0.25, -0.2) is 0 Å². The molecule has 7 rings (SSSR count). The Morgan fingerprint density at radius 2 is 1.65 bits per heavy atom. The van der Waals surface area contributed by atoms with E-state index in [1.807, 2.05) is 6.07 Å². The van der Waals surface area contributed by atoms with Gasteiger partial charge in [-0.3, -0.25) is 9.69 Å². The molecule has 6 aliphatic rings. The van der Waals surface area contributed by atoms with Crippen LogP contribution in [0.15, 0.2) is 30.3 Å². The molecule has 1 aromatic carbocycles. The van der Waals surface area contributed by atoms with Gasteiger partial charge in [0.25, 0.3) is 0 Å². The van der Waals surface area contributed by atoms with Crippen molar-refractivity contribution < 1.29 is 24.0 Å². The Balaban J connectivity index is 1.05. The van der Waals surface area contributed by atoms with E-state index >= 15 is 0 Å². The number of hydrogen-bond acceptors (Lipinski definition) is 7. The molecule has 8 nitrogen and oxygen atoms in total. The first-order chi connectivity index (χ1) is 18.1. The summed E-state index contributed by atoms with van der Waals surface area (Å²) in [4.78, 5) is 27.5. The van der Waals surface area contributed by atoms with Crippen LogP contribution in [0.25, 0.3) is 0 Å². The fourth-order valence-corrected chi connectivity index (χ4v) is 7.60. The Morgan fingerprint density at radius 3 is 2.38 bits per heavy atom. The molecule has 8 heteroatoms. The molecule has 4 saturated carbocycles. The maximum atomic E-state index is 12.8. The van der Waals surface area contributed by atoms with Crippen LogP contribution in [0.3, 0.4) is 0 Å². The number of carbonyl (C=O) groups is 1. The Morgan fingerprint density at radius 1 is 0.919 bits per heavy atom. The van der Waals surface area contributed by atoms with Gasteiger partial charge in [-0.2, -0.15) is 9.78 Å². The van der Waals surface area contributed by atoms with Crippen molar-refractivity contribution in [1.29, 1.82) is 0 Å². The molecule has 204 valence electrons. The highest BCUT2D eigenvalue weighted by atomic mass is 17.3. The Hall–Kier alpha value is -1.55. The average Bonchev–Trinajstić information content (AvgIpc) is 3.30. The molecule has 1 amide bonds. The molecular weight excluding hydrogens is 470 g/mol. The van der Waals surface area contributed by atoms with E-state index in [0.717, 1.165) is 57.8 Å². The number of nitrogens with one attached hydrogen (secondary N) is 2. The summed E-state index contributed by atoms with van der Waals surface area (Å²) in [5.74, 6) is 0.985. The van der Waals surface area contributed by atoms with Crippen molar-refractivity contribution in [2.45, 2.75) is 69.5 Å². The SMILES string of the molecule is O=C(CCC1(CCNCc2ccccc2)OOC2(O1)C1CC3CC(C1)CC2C3)NCCN1CCOCC1. The maximum Gasteiger partial charge on any atom is 0.220 e. The summed E-state index contributed by atoms with van der Waals surface area (Å²) in [6.07, 6.45) is 7.61. The standard InChI is InChI=1S/C29H43N3O5/c33-27(31-10-11-32-12-14-34-15-13-32)6-7-28(8-9-30-21-22-4-2-1-3-5-22)35-29(37-36-28)25-17-23-16-24(19-25)20-26(29)18-23/h1-5,23-26,30H,6-21H2,(H,31,33). The molecule has 2 saturated heterocycles. The average molecular weight is 514 g/mol. The lowest BCUT2D eigenvalue weighted by Crippen LogP contribution is -2.59. The molecule has 4 aliphatic carbocycles. The van der Waals surface area contributed by atoms with Gasteiger partial charge in [0.2, 0.25) is 17.5 Å². The second-order valence-electron chi connectivity index (χ2n) is 11.9. The number of rotatable bonds is 11. The zero-order valence-electron chi connectivity index (χ0n) is 22.0. The van der Waals surface area contributed by atoms with Gasteiger partial charge >= 0.3 is 0 Å². The quantitative estimate of drug-likeness (QED) is 0.347. The van der Waals surface area contributed by atoms with E-state index < -0.39 is 11.6 Å². The van der Waals surface area contributed by atoms with Gasteiger partial charge in [-0.1, -0.05) is 30.3 Å². The topological polar surface area (TPSA) is 81.3 Å². The van der Waals surface area contributed by atoms with E-state index in [1.165, 1.54) is 37.7 Å². The second kappa shape index (κ2) is 11.3. The lowest BCUT2D eigenvalue weighted by molar-refractivity contribution is -0.389. The van der Waals surface area contributed by atoms with Crippen LogP contribution in [0.1, 0.15) is 56.9 Å². The van der Waals surface area contributed by atoms with E-state index in [2.05, 4.69) is 39.8 Å². The molecule has 1 spiro atoms. The minimum atomic E-state index is -0.888. The Bertz CT molecular complexity index is 880. The molecule has 4 bridgehead atoms. The fourth-order valence-electron chi connectivity index (χ4n) is 7.60. The molecule has 37 heavy (non-hydrogen) atoms. The number of morpholine rings is 1. The molecule has 1 unspecified atom stereocenters. The van der Waals surface area contributed by atoms with Gasteiger partial charge in [0, 0.05) is 70.4 Å². The third-order valence-electron chi connectivity index (χ3n) is 9.39. The van der Waals surface area contributed by atoms with Crippen LogP contribution in [-0.2, 0) is 30.6 Å². The first kappa shape index (κ1) is 25.7. The monoisotopic (exact) mass is 513 g/mol. The highest BCUT2D eigenvalue weighted by Crippen LogP contribution is 2.63. The summed E-state index contributed by atoms with van der Waals surface area (Å²) in [6.45, 7) is 6.44. The third kappa shape index (κ3) is 5.75. The predicted molar refractivity (Wildman–Crippen MR) is 138 cm³/mol. The number of ether oxygens (including phenoxy) is 2. The van der Waals surface area contributed by atoms with Crippen LogP contribution < -0.4 is 10.6 Å². The van der Waals surface area contributed by atoms with Crippen LogP contribution in [0, 0.1) is 23.7 Å². The van der Waals surface area contributed by atoms with Crippen LogP contribution in [-0.4, -0.2) is 68.3 Å². The number of carbonyl (C=O) groups excluding carboxylic acids is 1. The lowest BCUT2D eigenvalue weighted by atomic mass is 9.53. The number of amides is 1. The van der Waals surface area contributed by atoms with Crippen molar-refractivity contribution in [3.8, 4) is 0 Å². The number of nitrogens with zero attached hydrogens (tertiary/aromatic N) is 1. The maximum absolute atomic E-state index is 12.8. The first-order valence-electron chi connectivity index (χ1n) is 14.5. The van der Waals surface area contributed by atoms with E-state index in [9.17, 15) is 4.79 Å². The summed E-state index contributed by atoms with van der Waals surface area (Å²) < 4.78 is 12.3. The Kier molecular flexibility index (Phi) is 7.84. The van der Waals surface area contributed by atoms with E-state index in [4.69, 9.17) is 19.2 Å². The van der Waals surface area contributed by atoms with Crippen LogP contribution in [0.2, 0.25) is 0 Å². The van der Waals surface area contributed by atoms with E-state index in [-0.39, 0.29) is 5.91 Å². The van der Waals surface area contributed by atoms with Crippen molar-refractivity contribution in [2.24, 2.45) is 23.7 Å². The summed E-state index contributed by atoms with van der Waals surface area (Å²) in [6, 6.07) is 10.4. The molecule has 2 aliphatic heterocycles. The highest BCUT2D eigenvalue weighted by molar-refractivity contribution is 5.75.